The molecule has 6 nitrogen and oxygen atoms in total. The maximum atomic E-state index is 13.1. The summed E-state index contributed by atoms with van der Waals surface area (Å²) in [5, 5.41) is 1.82. The normalized spacial score (nSPS) is 17.3. The number of hydrogen-bond donors (Lipinski definition) is 1. The number of anilines is 2. The number of benzene rings is 1. The van der Waals surface area contributed by atoms with Gasteiger partial charge in [0.1, 0.15) is 6.04 Å². The number of Topliss-reactive ketones (excluding diaryl/α,β-unsaturated/α-hetero) is 1. The van der Waals surface area contributed by atoms with E-state index >= 15 is 0 Å². The average molecular weight is 400 g/mol. The molecule has 2 aromatic rings. The first-order valence-corrected chi connectivity index (χ1v) is 10.0. The lowest BCUT2D eigenvalue weighted by atomic mass is 9.94. The minimum absolute atomic E-state index is 0.0781. The second-order valence-corrected chi connectivity index (χ2v) is 9.04. The van der Waals surface area contributed by atoms with Gasteiger partial charge in [0.2, 0.25) is 11.8 Å². The van der Waals surface area contributed by atoms with Gasteiger partial charge in [-0.05, 0) is 36.1 Å². The summed E-state index contributed by atoms with van der Waals surface area (Å²) in [7, 11) is 0. The Kier molecular flexibility index (Phi) is 5.41. The molecule has 1 aromatic carbocycles. The number of amides is 2. The van der Waals surface area contributed by atoms with E-state index in [1.165, 1.54) is 16.2 Å². The van der Waals surface area contributed by atoms with Crippen molar-refractivity contribution < 1.29 is 14.4 Å². The Balaban J connectivity index is 2.08. The van der Waals surface area contributed by atoms with Crippen LogP contribution in [0, 0.1) is 12.3 Å². The van der Waals surface area contributed by atoms with Gasteiger partial charge in [0.15, 0.2) is 5.78 Å². The van der Waals surface area contributed by atoms with Gasteiger partial charge in [0, 0.05) is 5.41 Å². The molecule has 2 heterocycles. The first kappa shape index (κ1) is 20.2. The molecule has 0 aliphatic carbocycles. The summed E-state index contributed by atoms with van der Waals surface area (Å²) >= 11 is 1.34. The predicted octanol–water partition coefficient (Wildman–Crippen LogP) is 2.99. The van der Waals surface area contributed by atoms with E-state index in [0.29, 0.717) is 16.3 Å². The van der Waals surface area contributed by atoms with Crippen molar-refractivity contribution in [3.63, 3.8) is 0 Å². The van der Waals surface area contributed by atoms with Crippen molar-refractivity contribution in [3.8, 4) is 0 Å². The molecular formula is C21H25N3O3S. The van der Waals surface area contributed by atoms with Gasteiger partial charge >= 0.3 is 0 Å². The molecule has 2 N–H and O–H groups in total. The van der Waals surface area contributed by atoms with E-state index in [1.807, 2.05) is 51.3 Å². The zero-order valence-electron chi connectivity index (χ0n) is 16.6. The largest absolute Gasteiger partial charge is 0.318 e. The third-order valence-electron chi connectivity index (χ3n) is 4.66. The highest BCUT2D eigenvalue weighted by Gasteiger charge is 2.38. The van der Waals surface area contributed by atoms with E-state index in [4.69, 9.17) is 5.73 Å². The number of carbonyl (C=O) groups is 3. The van der Waals surface area contributed by atoms with Crippen LogP contribution in [0.1, 0.15) is 36.0 Å². The lowest BCUT2D eigenvalue weighted by molar-refractivity contribution is -0.125. The van der Waals surface area contributed by atoms with E-state index in [-0.39, 0.29) is 30.7 Å². The van der Waals surface area contributed by atoms with Crippen LogP contribution in [-0.2, 0) is 9.59 Å². The Morgan fingerprint density at radius 2 is 1.93 bits per heavy atom. The van der Waals surface area contributed by atoms with Crippen molar-refractivity contribution in [2.45, 2.75) is 33.7 Å². The molecule has 0 fully saturated rings. The number of hydrogen-bond acceptors (Lipinski definition) is 5. The third-order valence-corrected chi connectivity index (χ3v) is 5.57. The van der Waals surface area contributed by atoms with E-state index in [1.54, 1.807) is 17.0 Å². The van der Waals surface area contributed by atoms with Crippen molar-refractivity contribution in [2.24, 2.45) is 11.1 Å². The molecule has 7 heteroatoms. The molecule has 3 rings (SSSR count). The molecule has 0 spiro atoms. The summed E-state index contributed by atoms with van der Waals surface area (Å²) in [6, 6.07) is 8.17. The Bertz CT molecular complexity index is 915. The van der Waals surface area contributed by atoms with Crippen LogP contribution in [0.2, 0.25) is 0 Å². The van der Waals surface area contributed by atoms with Gasteiger partial charge in [-0.15, -0.1) is 11.3 Å². The number of ketones is 1. The third kappa shape index (κ3) is 3.86. The number of thiophene rings is 1. The van der Waals surface area contributed by atoms with Crippen LogP contribution in [0.3, 0.4) is 0 Å². The molecule has 0 bridgehead atoms. The Hall–Kier alpha value is -2.51. The van der Waals surface area contributed by atoms with Gasteiger partial charge in [0.25, 0.3) is 0 Å². The van der Waals surface area contributed by atoms with E-state index in [0.717, 1.165) is 5.56 Å². The predicted molar refractivity (Wildman–Crippen MR) is 112 cm³/mol. The zero-order valence-corrected chi connectivity index (χ0v) is 17.4. The van der Waals surface area contributed by atoms with Crippen LogP contribution >= 0.6 is 11.3 Å². The van der Waals surface area contributed by atoms with Crippen molar-refractivity contribution >= 4 is 40.3 Å². The lowest BCUT2D eigenvalue weighted by Gasteiger charge is -2.30. The number of aryl methyl sites for hydroxylation is 1. The molecule has 148 valence electrons. The molecule has 1 aliphatic heterocycles. The van der Waals surface area contributed by atoms with Crippen LogP contribution < -0.4 is 15.5 Å². The first-order chi connectivity index (χ1) is 13.1. The van der Waals surface area contributed by atoms with Crippen LogP contribution in [0.15, 0.2) is 35.7 Å². The number of nitrogens with two attached hydrogens (primary N) is 1. The average Bonchev–Trinajstić information content (AvgIpc) is 3.14. The van der Waals surface area contributed by atoms with Crippen LogP contribution in [0.5, 0.6) is 0 Å². The van der Waals surface area contributed by atoms with Crippen LogP contribution in [0.4, 0.5) is 11.4 Å². The van der Waals surface area contributed by atoms with E-state index in [9.17, 15) is 14.4 Å². The van der Waals surface area contributed by atoms with Crippen molar-refractivity contribution in [1.29, 1.82) is 0 Å². The second-order valence-electron chi connectivity index (χ2n) is 8.09. The molecule has 0 radical (unpaired) electrons. The van der Waals surface area contributed by atoms with E-state index in [2.05, 4.69) is 0 Å². The molecule has 1 unspecified atom stereocenters. The molecule has 1 aromatic heterocycles. The van der Waals surface area contributed by atoms with Crippen molar-refractivity contribution in [1.82, 2.24) is 0 Å². The van der Waals surface area contributed by atoms with Gasteiger partial charge in [0.05, 0.1) is 29.3 Å². The summed E-state index contributed by atoms with van der Waals surface area (Å²) in [5.74, 6) is -0.633. The molecular weight excluding hydrogens is 374 g/mol. The van der Waals surface area contributed by atoms with Gasteiger partial charge in [-0.1, -0.05) is 32.9 Å². The summed E-state index contributed by atoms with van der Waals surface area (Å²) < 4.78 is 0. The molecule has 0 saturated carbocycles. The fourth-order valence-electron chi connectivity index (χ4n) is 3.19. The van der Waals surface area contributed by atoms with Gasteiger partial charge < -0.3 is 15.5 Å². The van der Waals surface area contributed by atoms with Crippen LogP contribution in [0.25, 0.3) is 0 Å². The van der Waals surface area contributed by atoms with E-state index < -0.39 is 11.5 Å². The topological polar surface area (TPSA) is 83.7 Å². The number of rotatable bonds is 3. The molecule has 1 aliphatic rings. The summed E-state index contributed by atoms with van der Waals surface area (Å²) in [4.78, 5) is 42.4. The summed E-state index contributed by atoms with van der Waals surface area (Å²) in [5.41, 5.74) is 7.60. The fourth-order valence-corrected chi connectivity index (χ4v) is 3.85. The Labute approximate surface area is 168 Å². The number of fused-ring (bicyclic) bond motifs is 1. The number of carbonyl (C=O) groups excluding carboxylic acids is 3. The first-order valence-electron chi connectivity index (χ1n) is 9.16. The number of nitrogens with zero attached hydrogens (tertiary/aromatic N) is 2. The minimum atomic E-state index is -0.907. The Morgan fingerprint density at radius 1 is 1.21 bits per heavy atom. The standard InChI is InChI=1S/C21H25N3O3S/c1-13-7-8-15-16(10-13)23(12-17(25)18-6-5-9-28-18)19(26)14(22)11-24(15)20(27)21(2,3)4/h5-10,14H,11-12,22H2,1-4H3. The molecule has 2 amide bonds. The molecule has 1 atom stereocenters. The summed E-state index contributed by atoms with van der Waals surface area (Å²) in [6.45, 7) is 7.37. The van der Waals surface area contributed by atoms with Gasteiger partial charge in [-0.3, -0.25) is 14.4 Å². The van der Waals surface area contributed by atoms with Gasteiger partial charge in [-0.2, -0.15) is 0 Å². The highest BCUT2D eigenvalue weighted by Crippen LogP contribution is 2.36. The quantitative estimate of drug-likeness (QED) is 0.804. The maximum absolute atomic E-state index is 13.1. The lowest BCUT2D eigenvalue weighted by Crippen LogP contribution is -2.50. The zero-order chi connectivity index (χ0) is 20.6. The monoisotopic (exact) mass is 399 g/mol. The molecule has 0 saturated heterocycles. The Morgan fingerprint density at radius 3 is 2.54 bits per heavy atom. The summed E-state index contributed by atoms with van der Waals surface area (Å²) in [6.07, 6.45) is 0. The van der Waals surface area contributed by atoms with Crippen LogP contribution in [-0.4, -0.2) is 36.7 Å². The van der Waals surface area contributed by atoms with Gasteiger partial charge in [-0.25, -0.2) is 0 Å². The van der Waals surface area contributed by atoms with Crippen molar-refractivity contribution in [3.05, 3.63) is 46.2 Å². The maximum Gasteiger partial charge on any atom is 0.246 e. The second kappa shape index (κ2) is 7.48. The minimum Gasteiger partial charge on any atom is -0.318 e. The van der Waals surface area contributed by atoms with Crippen molar-refractivity contribution in [2.75, 3.05) is 22.9 Å². The highest BCUT2D eigenvalue weighted by molar-refractivity contribution is 7.12. The SMILES string of the molecule is Cc1ccc2c(c1)N(CC(=O)c1cccs1)C(=O)C(N)CN2C(=O)C(C)(C)C. The molecule has 28 heavy (non-hydrogen) atoms. The highest BCUT2D eigenvalue weighted by atomic mass is 32.1. The smallest absolute Gasteiger partial charge is 0.246 e. The fraction of sp³-hybridized carbons (Fsp3) is 0.381.